The summed E-state index contributed by atoms with van der Waals surface area (Å²) in [5.74, 6) is -0.242. The van der Waals surface area contributed by atoms with Crippen LogP contribution in [0, 0.1) is 0 Å². The summed E-state index contributed by atoms with van der Waals surface area (Å²) in [6.45, 7) is 0.247. The van der Waals surface area contributed by atoms with Gasteiger partial charge in [0.1, 0.15) is 0 Å². The molecule has 1 amide bonds. The van der Waals surface area contributed by atoms with Crippen molar-refractivity contribution in [2.24, 2.45) is 0 Å². The second-order valence-corrected chi connectivity index (χ2v) is 6.13. The number of carbonyl (C=O) groups is 1. The standard InChI is InChI=1S/C20H20N4O2/c1-24(2)18-8-6-14(7-9-18)15-10-16(12-21-11-15)20(26)22-13-17-4-3-5-19(25)23-17/h3-12H,13H2,1-2H3,(H,22,26)(H,23,25). The van der Waals surface area contributed by atoms with E-state index < -0.39 is 0 Å². The molecule has 2 aromatic heterocycles. The number of nitrogens with zero attached hydrogens (tertiary/aromatic N) is 2. The highest BCUT2D eigenvalue weighted by atomic mass is 16.1. The summed E-state index contributed by atoms with van der Waals surface area (Å²) in [6, 6.07) is 14.7. The largest absolute Gasteiger partial charge is 0.378 e. The molecule has 2 N–H and O–H groups in total. The van der Waals surface area contributed by atoms with E-state index in [9.17, 15) is 9.59 Å². The van der Waals surface area contributed by atoms with Crippen LogP contribution >= 0.6 is 0 Å². The molecule has 0 radical (unpaired) electrons. The van der Waals surface area contributed by atoms with E-state index in [1.54, 1.807) is 24.4 Å². The zero-order valence-corrected chi connectivity index (χ0v) is 14.7. The first kappa shape index (κ1) is 17.4. The third-order valence-electron chi connectivity index (χ3n) is 3.99. The van der Waals surface area contributed by atoms with Gasteiger partial charge in [-0.1, -0.05) is 18.2 Å². The smallest absolute Gasteiger partial charge is 0.253 e. The number of aromatic amines is 1. The maximum absolute atomic E-state index is 12.4. The van der Waals surface area contributed by atoms with E-state index >= 15 is 0 Å². The number of H-pyrrole nitrogens is 1. The van der Waals surface area contributed by atoms with Crippen molar-refractivity contribution < 1.29 is 4.79 Å². The molecule has 0 aliphatic carbocycles. The fourth-order valence-corrected chi connectivity index (χ4v) is 2.55. The minimum absolute atomic E-state index is 0.193. The van der Waals surface area contributed by atoms with E-state index in [1.165, 1.54) is 12.3 Å². The van der Waals surface area contributed by atoms with E-state index in [1.807, 2.05) is 43.3 Å². The predicted molar refractivity (Wildman–Crippen MR) is 102 cm³/mol. The second kappa shape index (κ2) is 7.65. The van der Waals surface area contributed by atoms with Crippen molar-refractivity contribution in [3.63, 3.8) is 0 Å². The molecule has 6 heteroatoms. The van der Waals surface area contributed by atoms with Crippen molar-refractivity contribution in [2.75, 3.05) is 19.0 Å². The van der Waals surface area contributed by atoms with Gasteiger partial charge < -0.3 is 15.2 Å². The van der Waals surface area contributed by atoms with Crippen LogP contribution in [0.25, 0.3) is 11.1 Å². The molecule has 0 saturated carbocycles. The number of nitrogens with one attached hydrogen (secondary N) is 2. The molecular weight excluding hydrogens is 328 g/mol. The third kappa shape index (κ3) is 4.16. The minimum atomic E-state index is -0.242. The number of aromatic nitrogens is 2. The Labute approximate surface area is 151 Å². The summed E-state index contributed by atoms with van der Waals surface area (Å²) in [7, 11) is 3.98. The molecular formula is C20H20N4O2. The molecule has 26 heavy (non-hydrogen) atoms. The summed E-state index contributed by atoms with van der Waals surface area (Å²) in [5, 5.41) is 2.79. The van der Waals surface area contributed by atoms with Gasteiger partial charge in [0.15, 0.2) is 0 Å². The van der Waals surface area contributed by atoms with Gasteiger partial charge >= 0.3 is 0 Å². The SMILES string of the molecule is CN(C)c1ccc(-c2cncc(C(=O)NCc3cccc(=O)[nH]3)c2)cc1. The van der Waals surface area contributed by atoms with Crippen molar-refractivity contribution in [3.8, 4) is 11.1 Å². The Bertz CT molecular complexity index is 962. The average molecular weight is 348 g/mol. The van der Waals surface area contributed by atoms with E-state index in [-0.39, 0.29) is 18.0 Å². The van der Waals surface area contributed by atoms with E-state index in [2.05, 4.69) is 15.3 Å². The Hall–Kier alpha value is -3.41. The summed E-state index contributed by atoms with van der Waals surface area (Å²) >= 11 is 0. The summed E-state index contributed by atoms with van der Waals surface area (Å²) < 4.78 is 0. The van der Waals surface area contributed by atoms with Gasteiger partial charge in [-0.05, 0) is 29.8 Å². The highest BCUT2D eigenvalue weighted by Gasteiger charge is 2.08. The molecule has 132 valence electrons. The van der Waals surface area contributed by atoms with Crippen molar-refractivity contribution in [1.29, 1.82) is 0 Å². The molecule has 0 bridgehead atoms. The third-order valence-corrected chi connectivity index (χ3v) is 3.99. The summed E-state index contributed by atoms with van der Waals surface area (Å²) in [5.41, 5.74) is 3.89. The number of hydrogen-bond donors (Lipinski definition) is 2. The first-order chi connectivity index (χ1) is 12.5. The maximum Gasteiger partial charge on any atom is 0.253 e. The number of pyridine rings is 2. The Morgan fingerprint density at radius 3 is 2.54 bits per heavy atom. The normalized spacial score (nSPS) is 10.4. The van der Waals surface area contributed by atoms with Gasteiger partial charge in [0.25, 0.3) is 5.91 Å². The number of anilines is 1. The molecule has 3 rings (SSSR count). The van der Waals surface area contributed by atoms with Gasteiger partial charge in [0.2, 0.25) is 5.56 Å². The Morgan fingerprint density at radius 1 is 1.08 bits per heavy atom. The molecule has 6 nitrogen and oxygen atoms in total. The fourth-order valence-electron chi connectivity index (χ4n) is 2.55. The quantitative estimate of drug-likeness (QED) is 0.742. The number of amides is 1. The maximum atomic E-state index is 12.4. The molecule has 0 atom stereocenters. The Balaban J connectivity index is 1.73. The highest BCUT2D eigenvalue weighted by Crippen LogP contribution is 2.22. The summed E-state index contributed by atoms with van der Waals surface area (Å²) in [6.07, 6.45) is 3.26. The van der Waals surface area contributed by atoms with Gasteiger partial charge in [0, 0.05) is 49.5 Å². The zero-order valence-electron chi connectivity index (χ0n) is 14.7. The molecule has 3 aromatic rings. The molecule has 0 unspecified atom stereocenters. The Kier molecular flexibility index (Phi) is 5.12. The van der Waals surface area contributed by atoms with Crippen molar-refractivity contribution in [1.82, 2.24) is 15.3 Å². The number of hydrogen-bond acceptors (Lipinski definition) is 4. The van der Waals surface area contributed by atoms with Crippen LogP contribution in [0.5, 0.6) is 0 Å². The molecule has 0 aliphatic rings. The van der Waals surface area contributed by atoms with Crippen LogP contribution in [0.3, 0.4) is 0 Å². The molecule has 2 heterocycles. The van der Waals surface area contributed by atoms with Crippen molar-refractivity contribution in [3.05, 3.63) is 82.5 Å². The number of rotatable bonds is 5. The number of benzene rings is 1. The van der Waals surface area contributed by atoms with Gasteiger partial charge in [-0.15, -0.1) is 0 Å². The lowest BCUT2D eigenvalue weighted by Gasteiger charge is -2.13. The molecule has 0 aliphatic heterocycles. The van der Waals surface area contributed by atoms with E-state index in [0.29, 0.717) is 11.3 Å². The van der Waals surface area contributed by atoms with E-state index in [4.69, 9.17) is 0 Å². The molecule has 1 aromatic carbocycles. The second-order valence-electron chi connectivity index (χ2n) is 6.13. The van der Waals surface area contributed by atoms with Gasteiger partial charge in [-0.3, -0.25) is 14.6 Å². The van der Waals surface area contributed by atoms with Crippen LogP contribution in [0.2, 0.25) is 0 Å². The lowest BCUT2D eigenvalue weighted by atomic mass is 10.1. The lowest BCUT2D eigenvalue weighted by Crippen LogP contribution is -2.24. The zero-order chi connectivity index (χ0) is 18.5. The van der Waals surface area contributed by atoms with Crippen LogP contribution in [-0.2, 0) is 6.54 Å². The van der Waals surface area contributed by atoms with Crippen LogP contribution in [0.15, 0.2) is 65.7 Å². The first-order valence-electron chi connectivity index (χ1n) is 8.22. The average Bonchev–Trinajstić information content (AvgIpc) is 2.66. The minimum Gasteiger partial charge on any atom is -0.378 e. The molecule has 0 saturated heterocycles. The molecule has 0 spiro atoms. The predicted octanol–water partition coefficient (Wildman–Crippen LogP) is 2.43. The van der Waals surface area contributed by atoms with E-state index in [0.717, 1.165) is 16.8 Å². The highest BCUT2D eigenvalue weighted by molar-refractivity contribution is 5.95. The topological polar surface area (TPSA) is 78.1 Å². The van der Waals surface area contributed by atoms with Crippen molar-refractivity contribution >= 4 is 11.6 Å². The van der Waals surface area contributed by atoms with Crippen LogP contribution in [0.1, 0.15) is 16.1 Å². The summed E-state index contributed by atoms with van der Waals surface area (Å²) in [4.78, 5) is 32.6. The number of carbonyl (C=O) groups excluding carboxylic acids is 1. The van der Waals surface area contributed by atoms with Crippen LogP contribution < -0.4 is 15.8 Å². The molecule has 0 fully saturated rings. The monoisotopic (exact) mass is 348 g/mol. The fraction of sp³-hybridized carbons (Fsp3) is 0.150. The van der Waals surface area contributed by atoms with Gasteiger partial charge in [-0.25, -0.2) is 0 Å². The van der Waals surface area contributed by atoms with Crippen LogP contribution in [0.4, 0.5) is 5.69 Å². The van der Waals surface area contributed by atoms with Crippen LogP contribution in [-0.4, -0.2) is 30.0 Å². The Morgan fingerprint density at radius 2 is 1.85 bits per heavy atom. The van der Waals surface area contributed by atoms with Gasteiger partial charge in [-0.2, -0.15) is 0 Å². The first-order valence-corrected chi connectivity index (χ1v) is 8.22. The van der Waals surface area contributed by atoms with Gasteiger partial charge in [0.05, 0.1) is 12.1 Å². The van der Waals surface area contributed by atoms with Crippen molar-refractivity contribution in [2.45, 2.75) is 6.54 Å². The lowest BCUT2D eigenvalue weighted by molar-refractivity contribution is 0.0950.